The number of rotatable bonds is 8. The van der Waals surface area contributed by atoms with E-state index in [-0.39, 0.29) is 36.8 Å². The van der Waals surface area contributed by atoms with Crippen LogP contribution in [-0.4, -0.2) is 36.0 Å². The van der Waals surface area contributed by atoms with E-state index in [0.29, 0.717) is 22.4 Å². The number of esters is 1. The fourth-order valence-corrected chi connectivity index (χ4v) is 3.19. The summed E-state index contributed by atoms with van der Waals surface area (Å²) in [5, 5.41) is 0. The van der Waals surface area contributed by atoms with Gasteiger partial charge in [-0.2, -0.15) is 0 Å². The minimum absolute atomic E-state index is 0. The number of para-hydroxylation sites is 1. The lowest BCUT2D eigenvalue weighted by Gasteiger charge is -2.26. The lowest BCUT2D eigenvalue weighted by atomic mass is 9.98. The van der Waals surface area contributed by atoms with Gasteiger partial charge in [-0.05, 0) is 55.9 Å². The third-order valence-corrected chi connectivity index (χ3v) is 5.04. The summed E-state index contributed by atoms with van der Waals surface area (Å²) in [6, 6.07) is 12.2. The molecule has 0 aliphatic rings. The summed E-state index contributed by atoms with van der Waals surface area (Å²) in [6.07, 6.45) is -0.278. The number of hydrogen-bond donors (Lipinski definition) is 1. The minimum atomic E-state index is -0.366. The summed E-state index contributed by atoms with van der Waals surface area (Å²) in [6.45, 7) is 7.47. The third kappa shape index (κ3) is 6.06. The Morgan fingerprint density at radius 1 is 1.11 bits per heavy atom. The van der Waals surface area contributed by atoms with Gasteiger partial charge in [-0.15, -0.1) is 12.4 Å². The first kappa shape index (κ1) is 24.1. The van der Waals surface area contributed by atoms with E-state index in [4.69, 9.17) is 10.5 Å². The van der Waals surface area contributed by atoms with Gasteiger partial charge in [-0.3, -0.25) is 14.5 Å². The third-order valence-electron chi connectivity index (χ3n) is 4.51. The largest absolute Gasteiger partial charge is 0.446 e. The number of hydrogen-bond acceptors (Lipinski definition) is 5. The van der Waals surface area contributed by atoms with E-state index in [1.54, 1.807) is 42.5 Å². The summed E-state index contributed by atoms with van der Waals surface area (Å²) in [7, 11) is 0. The highest BCUT2D eigenvalue weighted by atomic mass is 79.9. The number of nitrogens with zero attached hydrogens (tertiary/aromatic N) is 1. The van der Waals surface area contributed by atoms with Crippen molar-refractivity contribution in [2.45, 2.75) is 33.4 Å². The number of anilines is 1. The molecule has 0 aromatic heterocycles. The Hall–Kier alpha value is -1.89. The predicted molar refractivity (Wildman–Crippen MR) is 118 cm³/mol. The Morgan fingerprint density at radius 3 is 2.29 bits per heavy atom. The average Bonchev–Trinajstić information content (AvgIpc) is 2.64. The number of halogens is 2. The molecule has 0 saturated carbocycles. The number of carbonyl (C=O) groups excluding carboxylic acids is 2. The lowest BCUT2D eigenvalue weighted by molar-refractivity contribution is -0.156. The number of nitrogen functional groups attached to an aromatic ring is 1. The van der Waals surface area contributed by atoms with Crippen molar-refractivity contribution in [3.8, 4) is 0 Å². The first-order valence-electron chi connectivity index (χ1n) is 8.98. The van der Waals surface area contributed by atoms with E-state index in [2.05, 4.69) is 15.9 Å². The van der Waals surface area contributed by atoms with Crippen LogP contribution in [0, 0.1) is 0 Å². The molecule has 0 fully saturated rings. The summed E-state index contributed by atoms with van der Waals surface area (Å²) < 4.78 is 6.39. The Morgan fingerprint density at radius 2 is 1.71 bits per heavy atom. The van der Waals surface area contributed by atoms with E-state index >= 15 is 0 Å². The number of ketones is 1. The van der Waals surface area contributed by atoms with Crippen LogP contribution < -0.4 is 5.73 Å². The second-order valence-corrected chi connectivity index (χ2v) is 7.12. The number of ether oxygens (including phenoxy) is 1. The number of benzene rings is 2. The Kier molecular flexibility index (Phi) is 9.65. The molecule has 0 aliphatic carbocycles. The molecule has 152 valence electrons. The van der Waals surface area contributed by atoms with Crippen molar-refractivity contribution in [3.63, 3.8) is 0 Å². The molecule has 0 saturated heterocycles. The first-order chi connectivity index (χ1) is 12.9. The standard InChI is InChI=1S/C21H25BrN2O3.ClH/c1-4-24(5-2)14(3)27-19(25)13-16-7-6-8-18(20(16)23)21(26)15-9-11-17(22)12-10-15;/h6-12,14H,4-5,13,23H2,1-3H3;1H. The molecule has 2 rings (SSSR count). The second kappa shape index (κ2) is 11.2. The molecule has 0 amide bonds. The van der Waals surface area contributed by atoms with Gasteiger partial charge in [0, 0.05) is 21.3 Å². The van der Waals surface area contributed by atoms with E-state index < -0.39 is 0 Å². The fraction of sp³-hybridized carbons (Fsp3) is 0.333. The molecule has 0 spiro atoms. The highest BCUT2D eigenvalue weighted by Gasteiger charge is 2.19. The molecule has 1 atom stereocenters. The first-order valence-corrected chi connectivity index (χ1v) is 9.77. The van der Waals surface area contributed by atoms with Gasteiger partial charge in [0.15, 0.2) is 12.0 Å². The van der Waals surface area contributed by atoms with Gasteiger partial charge >= 0.3 is 5.97 Å². The Labute approximate surface area is 180 Å². The minimum Gasteiger partial charge on any atom is -0.446 e. The maximum absolute atomic E-state index is 12.7. The Balaban J connectivity index is 0.00000392. The number of carbonyl (C=O) groups is 2. The van der Waals surface area contributed by atoms with Gasteiger partial charge in [-0.1, -0.05) is 41.9 Å². The quantitative estimate of drug-likeness (QED) is 0.267. The smallest absolute Gasteiger partial charge is 0.311 e. The van der Waals surface area contributed by atoms with E-state index in [1.807, 2.05) is 25.7 Å². The van der Waals surface area contributed by atoms with E-state index in [1.165, 1.54) is 0 Å². The van der Waals surface area contributed by atoms with Gasteiger partial charge < -0.3 is 10.5 Å². The van der Waals surface area contributed by atoms with Gasteiger partial charge in [0.1, 0.15) is 0 Å². The molecule has 2 aromatic carbocycles. The van der Waals surface area contributed by atoms with E-state index in [9.17, 15) is 9.59 Å². The fourth-order valence-electron chi connectivity index (χ4n) is 2.92. The normalized spacial score (nSPS) is 11.6. The van der Waals surface area contributed by atoms with Crippen LogP contribution in [0.3, 0.4) is 0 Å². The van der Waals surface area contributed by atoms with Crippen LogP contribution in [0.4, 0.5) is 5.69 Å². The van der Waals surface area contributed by atoms with Crippen molar-refractivity contribution in [3.05, 3.63) is 63.6 Å². The molecule has 2 aromatic rings. The lowest BCUT2D eigenvalue weighted by Crippen LogP contribution is -2.36. The van der Waals surface area contributed by atoms with Gasteiger partial charge in [-0.25, -0.2) is 0 Å². The molecule has 5 nitrogen and oxygen atoms in total. The highest BCUT2D eigenvalue weighted by Crippen LogP contribution is 2.23. The maximum Gasteiger partial charge on any atom is 0.311 e. The van der Waals surface area contributed by atoms with Crippen molar-refractivity contribution < 1.29 is 14.3 Å². The van der Waals surface area contributed by atoms with Gasteiger partial charge in [0.2, 0.25) is 0 Å². The highest BCUT2D eigenvalue weighted by molar-refractivity contribution is 9.10. The molecule has 28 heavy (non-hydrogen) atoms. The maximum atomic E-state index is 12.7. The summed E-state index contributed by atoms with van der Waals surface area (Å²) >= 11 is 3.35. The number of nitrogens with two attached hydrogens (primary N) is 1. The van der Waals surface area contributed by atoms with Crippen molar-refractivity contribution in [1.82, 2.24) is 4.90 Å². The van der Waals surface area contributed by atoms with Crippen LogP contribution in [0.5, 0.6) is 0 Å². The predicted octanol–water partition coefficient (Wildman–Crippen LogP) is 4.46. The van der Waals surface area contributed by atoms with Gasteiger partial charge in [0.05, 0.1) is 6.42 Å². The van der Waals surface area contributed by atoms with Gasteiger partial charge in [0.25, 0.3) is 0 Å². The average molecular weight is 470 g/mol. The molecule has 0 heterocycles. The topological polar surface area (TPSA) is 72.6 Å². The SMILES string of the molecule is CCN(CC)C(C)OC(=O)Cc1cccc(C(=O)c2ccc(Br)cc2)c1N.Cl. The summed E-state index contributed by atoms with van der Waals surface area (Å²) in [5.74, 6) is -0.541. The molecular weight excluding hydrogens is 444 g/mol. The summed E-state index contributed by atoms with van der Waals surface area (Å²) in [5.41, 5.74) is 8.03. The molecule has 0 radical (unpaired) electrons. The van der Waals surface area contributed by atoms with Crippen LogP contribution in [0.15, 0.2) is 46.9 Å². The zero-order valence-electron chi connectivity index (χ0n) is 16.3. The monoisotopic (exact) mass is 468 g/mol. The second-order valence-electron chi connectivity index (χ2n) is 6.20. The van der Waals surface area contributed by atoms with Crippen molar-refractivity contribution in [1.29, 1.82) is 0 Å². The molecule has 2 N–H and O–H groups in total. The molecular formula is C21H26BrClN2O3. The van der Waals surface area contributed by atoms with Crippen LogP contribution in [-0.2, 0) is 16.0 Å². The molecule has 7 heteroatoms. The molecule has 0 aliphatic heterocycles. The van der Waals surface area contributed by atoms with Crippen LogP contribution in [0.2, 0.25) is 0 Å². The van der Waals surface area contributed by atoms with Crippen LogP contribution in [0.25, 0.3) is 0 Å². The molecule has 1 unspecified atom stereocenters. The van der Waals surface area contributed by atoms with Crippen LogP contribution >= 0.6 is 28.3 Å². The van der Waals surface area contributed by atoms with E-state index in [0.717, 1.165) is 17.6 Å². The van der Waals surface area contributed by atoms with Crippen molar-refractivity contribution in [2.75, 3.05) is 18.8 Å². The zero-order chi connectivity index (χ0) is 20.0. The van der Waals surface area contributed by atoms with Crippen molar-refractivity contribution in [2.24, 2.45) is 0 Å². The Bertz CT molecular complexity index is 808. The van der Waals surface area contributed by atoms with Crippen molar-refractivity contribution >= 4 is 45.8 Å². The van der Waals surface area contributed by atoms with Crippen LogP contribution in [0.1, 0.15) is 42.3 Å². The summed E-state index contributed by atoms with van der Waals surface area (Å²) in [4.78, 5) is 27.1. The molecule has 0 bridgehead atoms. The zero-order valence-corrected chi connectivity index (χ0v) is 18.7.